The van der Waals surface area contributed by atoms with E-state index in [1.54, 1.807) is 0 Å². The van der Waals surface area contributed by atoms with Crippen molar-refractivity contribution >= 4 is 34.1 Å². The van der Waals surface area contributed by atoms with Crippen molar-refractivity contribution in [1.82, 2.24) is 0 Å². The molecule has 0 amide bonds. The first-order valence-corrected chi connectivity index (χ1v) is 16.9. The molecule has 7 aromatic rings. The Kier molecular flexibility index (Phi) is 6.70. The van der Waals surface area contributed by atoms with Gasteiger partial charge in [-0.3, -0.25) is 0 Å². The second-order valence-electron chi connectivity index (χ2n) is 13.5. The van der Waals surface area contributed by atoms with E-state index in [2.05, 4.69) is 194 Å². The second kappa shape index (κ2) is 11.3. The quantitative estimate of drug-likeness (QED) is 0.188. The highest BCUT2D eigenvalue weighted by molar-refractivity contribution is 5.96. The Hall–Kier alpha value is -6.06. The summed E-state index contributed by atoms with van der Waals surface area (Å²) in [6, 6.07) is 58.7. The third-order valence-electron chi connectivity index (χ3n) is 10.2. The number of hydrogen-bond acceptors (Lipinski definition) is 3. The molecule has 236 valence electrons. The van der Waals surface area contributed by atoms with Crippen LogP contribution in [0.2, 0.25) is 0 Å². The van der Waals surface area contributed by atoms with Gasteiger partial charge in [0.05, 0.1) is 17.1 Å². The SMILES string of the molecule is Cc1cccc2c1N1c3cc(N(c4ccc(-c5ccccc5)cc4)c4ccc(-c5ccccc5)cc4)ccc3C(C)(C)c3cccc(c31)O2. The number of aryl methyl sites for hydroxylation is 1. The number of para-hydroxylation sites is 2. The van der Waals surface area contributed by atoms with E-state index in [9.17, 15) is 0 Å². The monoisotopic (exact) mass is 632 g/mol. The third-order valence-corrected chi connectivity index (χ3v) is 10.2. The van der Waals surface area contributed by atoms with Gasteiger partial charge >= 0.3 is 0 Å². The standard InChI is InChI=1S/C46H36N2O/c1-31-12-10-18-42-44(31)48-41-30-38(28-29-39(41)46(2,3)40-17-11-19-43(49-42)45(40)48)47(36-24-20-34(21-25-36)32-13-6-4-7-14-32)37-26-22-35(23-27-37)33-15-8-5-9-16-33/h4-30H,1-3H3. The lowest BCUT2D eigenvalue weighted by molar-refractivity contribution is 0.471. The summed E-state index contributed by atoms with van der Waals surface area (Å²) in [5.41, 5.74) is 15.0. The first-order chi connectivity index (χ1) is 24.0. The first-order valence-electron chi connectivity index (χ1n) is 16.9. The van der Waals surface area contributed by atoms with Gasteiger partial charge in [-0.15, -0.1) is 0 Å². The number of ether oxygens (including phenoxy) is 1. The number of anilines is 6. The maximum absolute atomic E-state index is 6.57. The van der Waals surface area contributed by atoms with Gasteiger partial charge in [-0.05, 0) is 94.4 Å². The van der Waals surface area contributed by atoms with E-state index < -0.39 is 0 Å². The van der Waals surface area contributed by atoms with E-state index in [1.807, 2.05) is 0 Å². The predicted octanol–water partition coefficient (Wildman–Crippen LogP) is 13.0. The molecule has 0 spiro atoms. The van der Waals surface area contributed by atoms with Gasteiger partial charge < -0.3 is 14.5 Å². The fourth-order valence-electron chi connectivity index (χ4n) is 7.64. The summed E-state index contributed by atoms with van der Waals surface area (Å²) in [5.74, 6) is 1.77. The number of rotatable bonds is 5. The molecule has 2 heterocycles. The van der Waals surface area contributed by atoms with Crippen molar-refractivity contribution in [2.45, 2.75) is 26.2 Å². The zero-order valence-electron chi connectivity index (χ0n) is 27.9. The zero-order chi connectivity index (χ0) is 33.1. The van der Waals surface area contributed by atoms with Gasteiger partial charge in [0.25, 0.3) is 0 Å². The van der Waals surface area contributed by atoms with Crippen LogP contribution in [0.5, 0.6) is 11.5 Å². The lowest BCUT2D eigenvalue weighted by Gasteiger charge is -2.45. The third kappa shape index (κ3) is 4.73. The van der Waals surface area contributed by atoms with Crippen LogP contribution in [0.15, 0.2) is 164 Å². The van der Waals surface area contributed by atoms with Gasteiger partial charge in [-0.1, -0.05) is 129 Å². The van der Waals surface area contributed by atoms with Crippen LogP contribution in [-0.2, 0) is 5.41 Å². The van der Waals surface area contributed by atoms with Gasteiger partial charge in [0, 0.05) is 22.5 Å². The van der Waals surface area contributed by atoms with E-state index in [1.165, 1.54) is 44.6 Å². The van der Waals surface area contributed by atoms with Crippen LogP contribution in [0.1, 0.15) is 30.5 Å². The number of nitrogens with zero attached hydrogens (tertiary/aromatic N) is 2. The summed E-state index contributed by atoms with van der Waals surface area (Å²) in [6.07, 6.45) is 0. The van der Waals surface area contributed by atoms with E-state index in [4.69, 9.17) is 4.74 Å². The smallest absolute Gasteiger partial charge is 0.151 e. The largest absolute Gasteiger partial charge is 0.453 e. The first kappa shape index (κ1) is 29.1. The van der Waals surface area contributed by atoms with Crippen molar-refractivity contribution in [3.63, 3.8) is 0 Å². The molecule has 3 nitrogen and oxygen atoms in total. The minimum atomic E-state index is -0.223. The summed E-state index contributed by atoms with van der Waals surface area (Å²) in [6.45, 7) is 6.83. The van der Waals surface area contributed by atoms with Crippen LogP contribution >= 0.6 is 0 Å². The Morgan fingerprint density at radius 1 is 0.469 bits per heavy atom. The van der Waals surface area contributed by atoms with Gasteiger partial charge in [0.2, 0.25) is 0 Å². The number of benzene rings is 7. The lowest BCUT2D eigenvalue weighted by Crippen LogP contribution is -2.32. The fraction of sp³-hybridized carbons (Fsp3) is 0.0870. The molecule has 0 bridgehead atoms. The Morgan fingerprint density at radius 2 is 0.980 bits per heavy atom. The molecular weight excluding hydrogens is 597 g/mol. The molecule has 0 unspecified atom stereocenters. The van der Waals surface area contributed by atoms with Crippen LogP contribution in [0.25, 0.3) is 22.3 Å². The summed E-state index contributed by atoms with van der Waals surface area (Å²) < 4.78 is 6.57. The zero-order valence-corrected chi connectivity index (χ0v) is 27.9. The molecule has 0 saturated heterocycles. The van der Waals surface area contributed by atoms with Gasteiger partial charge in [-0.25, -0.2) is 0 Å². The van der Waals surface area contributed by atoms with E-state index >= 15 is 0 Å². The molecular formula is C46H36N2O. The van der Waals surface area contributed by atoms with Crippen molar-refractivity contribution in [3.8, 4) is 33.8 Å². The van der Waals surface area contributed by atoms with Crippen molar-refractivity contribution < 1.29 is 4.74 Å². The molecule has 3 heteroatoms. The minimum absolute atomic E-state index is 0.223. The molecule has 0 aromatic heterocycles. The van der Waals surface area contributed by atoms with E-state index in [0.717, 1.165) is 39.9 Å². The Bertz CT molecular complexity index is 2240. The molecule has 2 aliphatic rings. The molecule has 0 saturated carbocycles. The molecule has 49 heavy (non-hydrogen) atoms. The summed E-state index contributed by atoms with van der Waals surface area (Å²) >= 11 is 0. The summed E-state index contributed by atoms with van der Waals surface area (Å²) in [5, 5.41) is 0. The molecule has 2 aliphatic heterocycles. The van der Waals surface area contributed by atoms with Gasteiger partial charge in [-0.2, -0.15) is 0 Å². The molecule has 0 N–H and O–H groups in total. The van der Waals surface area contributed by atoms with E-state index in [0.29, 0.717) is 0 Å². The van der Waals surface area contributed by atoms with Crippen molar-refractivity contribution in [2.75, 3.05) is 9.80 Å². The molecule has 0 atom stereocenters. The van der Waals surface area contributed by atoms with Crippen molar-refractivity contribution in [1.29, 1.82) is 0 Å². The van der Waals surface area contributed by atoms with Crippen LogP contribution in [-0.4, -0.2) is 0 Å². The molecule has 0 fully saturated rings. The average Bonchev–Trinajstić information content (AvgIpc) is 3.15. The highest BCUT2D eigenvalue weighted by Crippen LogP contribution is 2.61. The average molecular weight is 633 g/mol. The maximum atomic E-state index is 6.57. The Balaban J connectivity index is 1.23. The van der Waals surface area contributed by atoms with Crippen LogP contribution < -0.4 is 14.5 Å². The highest BCUT2D eigenvalue weighted by Gasteiger charge is 2.42. The predicted molar refractivity (Wildman–Crippen MR) is 204 cm³/mol. The Morgan fingerprint density at radius 3 is 1.57 bits per heavy atom. The van der Waals surface area contributed by atoms with Crippen LogP contribution in [0, 0.1) is 6.92 Å². The summed E-state index contributed by atoms with van der Waals surface area (Å²) in [7, 11) is 0. The number of hydrogen-bond donors (Lipinski definition) is 0. The Labute approximate surface area is 288 Å². The minimum Gasteiger partial charge on any atom is -0.453 e. The van der Waals surface area contributed by atoms with Crippen LogP contribution in [0.4, 0.5) is 34.1 Å². The lowest BCUT2D eigenvalue weighted by atomic mass is 9.73. The molecule has 0 aliphatic carbocycles. The summed E-state index contributed by atoms with van der Waals surface area (Å²) in [4.78, 5) is 4.82. The normalized spacial score (nSPS) is 13.5. The molecule has 7 aromatic carbocycles. The van der Waals surface area contributed by atoms with Crippen molar-refractivity contribution in [3.05, 3.63) is 180 Å². The van der Waals surface area contributed by atoms with Gasteiger partial charge in [0.15, 0.2) is 11.5 Å². The fourth-order valence-corrected chi connectivity index (χ4v) is 7.64. The number of fused-ring (bicyclic) bond motifs is 4. The maximum Gasteiger partial charge on any atom is 0.151 e. The highest BCUT2D eigenvalue weighted by atomic mass is 16.5. The van der Waals surface area contributed by atoms with Gasteiger partial charge in [0.1, 0.15) is 0 Å². The molecule has 0 radical (unpaired) electrons. The van der Waals surface area contributed by atoms with E-state index in [-0.39, 0.29) is 5.41 Å². The topological polar surface area (TPSA) is 15.7 Å². The van der Waals surface area contributed by atoms with Crippen molar-refractivity contribution in [2.24, 2.45) is 0 Å². The van der Waals surface area contributed by atoms with Crippen LogP contribution in [0.3, 0.4) is 0 Å². The molecule has 9 rings (SSSR count). The second-order valence-corrected chi connectivity index (χ2v) is 13.5.